The van der Waals surface area contributed by atoms with Crippen LogP contribution >= 0.6 is 0 Å². The van der Waals surface area contributed by atoms with Crippen molar-refractivity contribution in [3.8, 4) is 0 Å². The second-order valence-electron chi connectivity index (χ2n) is 7.25. The van der Waals surface area contributed by atoms with Gasteiger partial charge in [-0.05, 0) is 17.7 Å². The van der Waals surface area contributed by atoms with Crippen molar-refractivity contribution >= 4 is 17.0 Å². The molecule has 1 saturated heterocycles. The van der Waals surface area contributed by atoms with Gasteiger partial charge in [0.1, 0.15) is 0 Å². The van der Waals surface area contributed by atoms with Gasteiger partial charge in [-0.3, -0.25) is 14.3 Å². The van der Waals surface area contributed by atoms with Gasteiger partial charge >= 0.3 is 5.76 Å². The number of benzene rings is 2. The van der Waals surface area contributed by atoms with Crippen molar-refractivity contribution in [2.75, 3.05) is 26.2 Å². The molecule has 1 fully saturated rings. The molecule has 0 bridgehead atoms. The average Bonchev–Trinajstić information content (AvgIpc) is 3.07. The van der Waals surface area contributed by atoms with E-state index in [1.807, 2.05) is 36.4 Å². The summed E-state index contributed by atoms with van der Waals surface area (Å²) in [5.41, 5.74) is 2.51. The zero-order valence-corrected chi connectivity index (χ0v) is 16.3. The smallest absolute Gasteiger partial charge is 0.408 e. The number of rotatable bonds is 7. The van der Waals surface area contributed by atoms with E-state index in [0.717, 1.165) is 19.6 Å². The van der Waals surface area contributed by atoms with Gasteiger partial charge in [-0.25, -0.2) is 4.79 Å². The van der Waals surface area contributed by atoms with Gasteiger partial charge < -0.3 is 14.5 Å². The number of amides is 1. The molecule has 1 unspecified atom stereocenters. The Morgan fingerprint density at radius 1 is 1.10 bits per heavy atom. The predicted molar refractivity (Wildman–Crippen MR) is 110 cm³/mol. The van der Waals surface area contributed by atoms with Crippen molar-refractivity contribution in [2.24, 2.45) is 0 Å². The van der Waals surface area contributed by atoms with Crippen LogP contribution in [-0.2, 0) is 22.6 Å². The lowest BCUT2D eigenvalue weighted by Gasteiger charge is -2.33. The molecule has 1 amide bonds. The molecule has 29 heavy (non-hydrogen) atoms. The minimum Gasteiger partial charge on any atom is -0.408 e. The van der Waals surface area contributed by atoms with E-state index in [-0.39, 0.29) is 25.0 Å². The first-order valence-electron chi connectivity index (χ1n) is 9.92. The maximum atomic E-state index is 12.3. The van der Waals surface area contributed by atoms with Gasteiger partial charge in [0, 0.05) is 39.1 Å². The van der Waals surface area contributed by atoms with Gasteiger partial charge in [-0.2, -0.15) is 0 Å². The predicted octanol–water partition coefficient (Wildman–Crippen LogP) is 2.00. The maximum absolute atomic E-state index is 12.3. The monoisotopic (exact) mass is 395 g/mol. The van der Waals surface area contributed by atoms with Gasteiger partial charge in [0.25, 0.3) is 0 Å². The fraction of sp³-hybridized carbons (Fsp3) is 0.364. The summed E-state index contributed by atoms with van der Waals surface area (Å²) in [7, 11) is 0. The van der Waals surface area contributed by atoms with Crippen LogP contribution in [0.2, 0.25) is 0 Å². The highest BCUT2D eigenvalue weighted by atomic mass is 16.5. The number of nitrogens with zero attached hydrogens (tertiary/aromatic N) is 2. The Kier molecular flexibility index (Phi) is 6.07. The lowest BCUT2D eigenvalue weighted by Crippen LogP contribution is -2.47. The molecule has 2 heterocycles. The Hall–Kier alpha value is -2.90. The number of aromatic nitrogens is 1. The largest absolute Gasteiger partial charge is 0.419 e. The third-order valence-electron chi connectivity index (χ3n) is 5.13. The number of fused-ring (bicyclic) bond motifs is 1. The van der Waals surface area contributed by atoms with Gasteiger partial charge in [-0.15, -0.1) is 0 Å². The fourth-order valence-electron chi connectivity index (χ4n) is 3.64. The van der Waals surface area contributed by atoms with Crippen molar-refractivity contribution in [3.63, 3.8) is 0 Å². The first kappa shape index (κ1) is 19.4. The second-order valence-corrected chi connectivity index (χ2v) is 7.25. The number of carbonyl (C=O) groups is 1. The van der Waals surface area contributed by atoms with Crippen LogP contribution in [0.15, 0.2) is 63.8 Å². The summed E-state index contributed by atoms with van der Waals surface area (Å²) in [5.74, 6) is -0.544. The Morgan fingerprint density at radius 3 is 2.76 bits per heavy atom. The SMILES string of the molecule is O=C(CCn1c(=O)oc2ccccc21)NCC1CN(Cc2ccccc2)CCO1. The van der Waals surface area contributed by atoms with Crippen molar-refractivity contribution in [2.45, 2.75) is 25.6 Å². The van der Waals surface area contributed by atoms with Crippen LogP contribution in [0.5, 0.6) is 0 Å². The third kappa shape index (κ3) is 4.93. The molecule has 3 aromatic rings. The summed E-state index contributed by atoms with van der Waals surface area (Å²) in [6.45, 7) is 3.95. The summed E-state index contributed by atoms with van der Waals surface area (Å²) in [5, 5.41) is 2.93. The number of hydrogen-bond acceptors (Lipinski definition) is 5. The zero-order valence-electron chi connectivity index (χ0n) is 16.3. The summed E-state index contributed by atoms with van der Waals surface area (Å²) in [4.78, 5) is 26.6. The number of morpholine rings is 1. The molecule has 0 spiro atoms. The van der Waals surface area contributed by atoms with Crippen LogP contribution in [0.3, 0.4) is 0 Å². The molecule has 1 aliphatic heterocycles. The van der Waals surface area contributed by atoms with Crippen molar-refractivity contribution in [1.82, 2.24) is 14.8 Å². The molecule has 1 aromatic heterocycles. The molecular weight excluding hydrogens is 370 g/mol. The third-order valence-corrected chi connectivity index (χ3v) is 5.13. The minimum atomic E-state index is -0.439. The molecule has 152 valence electrons. The number of ether oxygens (including phenoxy) is 1. The lowest BCUT2D eigenvalue weighted by molar-refractivity contribution is -0.122. The summed E-state index contributed by atoms with van der Waals surface area (Å²) in [6, 6.07) is 17.6. The Bertz CT molecular complexity index is 1010. The highest BCUT2D eigenvalue weighted by molar-refractivity contribution is 5.76. The van der Waals surface area contributed by atoms with E-state index in [2.05, 4.69) is 22.3 Å². The highest BCUT2D eigenvalue weighted by Crippen LogP contribution is 2.12. The summed E-state index contributed by atoms with van der Waals surface area (Å²) >= 11 is 0. The van der Waals surface area contributed by atoms with Gasteiger partial charge in [-0.1, -0.05) is 42.5 Å². The van der Waals surface area contributed by atoms with E-state index in [1.54, 1.807) is 6.07 Å². The normalized spacial score (nSPS) is 17.4. The zero-order chi connectivity index (χ0) is 20.1. The first-order chi connectivity index (χ1) is 14.2. The second kappa shape index (κ2) is 9.07. The van der Waals surface area contributed by atoms with E-state index in [4.69, 9.17) is 9.15 Å². The molecule has 4 rings (SSSR count). The average molecular weight is 395 g/mol. The van der Waals surface area contributed by atoms with E-state index in [0.29, 0.717) is 24.3 Å². The number of hydrogen-bond donors (Lipinski definition) is 1. The van der Waals surface area contributed by atoms with Crippen LogP contribution < -0.4 is 11.1 Å². The molecule has 7 nitrogen and oxygen atoms in total. The quantitative estimate of drug-likeness (QED) is 0.662. The lowest BCUT2D eigenvalue weighted by atomic mass is 10.2. The number of para-hydroxylation sites is 2. The molecule has 1 N–H and O–H groups in total. The Labute approximate surface area is 168 Å². The van der Waals surface area contributed by atoms with E-state index in [9.17, 15) is 9.59 Å². The molecule has 1 atom stereocenters. The first-order valence-corrected chi connectivity index (χ1v) is 9.92. The van der Waals surface area contributed by atoms with Crippen molar-refractivity contribution < 1.29 is 13.9 Å². The molecule has 0 saturated carbocycles. The number of aryl methyl sites for hydroxylation is 1. The van der Waals surface area contributed by atoms with Crippen molar-refractivity contribution in [3.05, 3.63) is 70.7 Å². The Balaban J connectivity index is 1.25. The van der Waals surface area contributed by atoms with Crippen LogP contribution in [0.1, 0.15) is 12.0 Å². The molecule has 7 heteroatoms. The molecule has 2 aromatic carbocycles. The molecular formula is C22H25N3O4. The fourth-order valence-corrected chi connectivity index (χ4v) is 3.64. The number of nitrogens with one attached hydrogen (secondary N) is 1. The standard InChI is InChI=1S/C22H25N3O4/c26-21(10-11-25-19-8-4-5-9-20(19)29-22(25)27)23-14-18-16-24(12-13-28-18)15-17-6-2-1-3-7-17/h1-9,18H,10-16H2,(H,23,26). The summed E-state index contributed by atoms with van der Waals surface area (Å²) in [6.07, 6.45) is 0.179. The maximum Gasteiger partial charge on any atom is 0.419 e. The summed E-state index contributed by atoms with van der Waals surface area (Å²) < 4.78 is 12.5. The van der Waals surface area contributed by atoms with Crippen LogP contribution in [0, 0.1) is 0 Å². The topological polar surface area (TPSA) is 76.7 Å². The van der Waals surface area contributed by atoms with Gasteiger partial charge in [0.15, 0.2) is 5.58 Å². The van der Waals surface area contributed by atoms with E-state index >= 15 is 0 Å². The van der Waals surface area contributed by atoms with Gasteiger partial charge in [0.2, 0.25) is 5.91 Å². The minimum absolute atomic E-state index is 0.0334. The van der Waals surface area contributed by atoms with Gasteiger partial charge in [0.05, 0.1) is 18.2 Å². The van der Waals surface area contributed by atoms with Crippen LogP contribution in [0.25, 0.3) is 11.1 Å². The highest BCUT2D eigenvalue weighted by Gasteiger charge is 2.21. The van der Waals surface area contributed by atoms with E-state index in [1.165, 1.54) is 10.1 Å². The molecule has 1 aliphatic rings. The molecule has 0 aliphatic carbocycles. The van der Waals surface area contributed by atoms with Crippen LogP contribution in [-0.4, -0.2) is 47.7 Å². The van der Waals surface area contributed by atoms with Crippen molar-refractivity contribution in [1.29, 1.82) is 0 Å². The van der Waals surface area contributed by atoms with Crippen LogP contribution in [0.4, 0.5) is 0 Å². The Morgan fingerprint density at radius 2 is 1.90 bits per heavy atom. The number of oxazole rings is 1. The number of carbonyl (C=O) groups excluding carboxylic acids is 1. The molecule has 0 radical (unpaired) electrons. The van der Waals surface area contributed by atoms with E-state index < -0.39 is 5.76 Å².